The fourth-order valence-electron chi connectivity index (χ4n) is 5.25. The first kappa shape index (κ1) is 26.8. The Morgan fingerprint density at radius 1 is 0.974 bits per heavy atom. The number of aliphatic carboxylic acids is 1. The molecule has 5 rings (SSSR count). The zero-order valence-corrected chi connectivity index (χ0v) is 22.5. The molecule has 2 aromatic carbocycles. The number of hydrogen-bond donors (Lipinski definition) is 1. The van der Waals surface area contributed by atoms with Gasteiger partial charge in [0, 0.05) is 41.9 Å². The number of halogens is 3. The summed E-state index contributed by atoms with van der Waals surface area (Å²) in [6, 6.07) is 13.8. The molecule has 38 heavy (non-hydrogen) atoms. The third-order valence-corrected chi connectivity index (χ3v) is 8.24. The molecule has 0 bridgehead atoms. The number of carbonyl (C=O) groups is 3. The Morgan fingerprint density at radius 2 is 1.74 bits per heavy atom. The van der Waals surface area contributed by atoms with Crippen molar-refractivity contribution in [1.82, 2.24) is 9.47 Å². The van der Waals surface area contributed by atoms with E-state index >= 15 is 0 Å². The van der Waals surface area contributed by atoms with E-state index in [4.69, 9.17) is 44.6 Å². The Hall–Kier alpha value is -2.84. The lowest BCUT2D eigenvalue weighted by Crippen LogP contribution is -2.39. The summed E-state index contributed by atoms with van der Waals surface area (Å²) >= 11 is 18.9. The molecular formula is C28H25Cl3N2O5. The molecule has 0 radical (unpaired) electrons. The first-order valence-electron chi connectivity index (χ1n) is 12.3. The summed E-state index contributed by atoms with van der Waals surface area (Å²) in [6.07, 6.45) is 1.45. The maximum absolute atomic E-state index is 13.9. The number of ketones is 1. The SMILES string of the molecule is O=C(O)CC1CCN(C(=O)C[C@@H]2O[C@@H](C(=O)c3cccc(Cl)c3Cl)c3cc(Cl)ccc3-n3cccc32)CC1. The van der Waals surface area contributed by atoms with Gasteiger partial charge in [-0.1, -0.05) is 40.9 Å². The van der Waals surface area contributed by atoms with Crippen LogP contribution in [0.4, 0.5) is 0 Å². The van der Waals surface area contributed by atoms with Crippen LogP contribution in [0.1, 0.15) is 59.5 Å². The van der Waals surface area contributed by atoms with Gasteiger partial charge in [0.2, 0.25) is 5.91 Å². The van der Waals surface area contributed by atoms with E-state index in [0.29, 0.717) is 36.5 Å². The molecule has 7 nitrogen and oxygen atoms in total. The van der Waals surface area contributed by atoms with Gasteiger partial charge < -0.3 is 19.3 Å². The summed E-state index contributed by atoms with van der Waals surface area (Å²) in [4.78, 5) is 40.1. The lowest BCUT2D eigenvalue weighted by Gasteiger charge is -2.32. The number of carboxylic acids is 1. The Bertz CT molecular complexity index is 1400. The van der Waals surface area contributed by atoms with E-state index in [1.807, 2.05) is 29.0 Å². The molecule has 0 aliphatic carbocycles. The van der Waals surface area contributed by atoms with Gasteiger partial charge in [0.25, 0.3) is 0 Å². The summed E-state index contributed by atoms with van der Waals surface area (Å²) in [5.41, 5.74) is 2.22. The van der Waals surface area contributed by atoms with Crippen LogP contribution in [-0.4, -0.2) is 45.3 Å². The number of benzene rings is 2. The molecule has 1 saturated heterocycles. The maximum atomic E-state index is 13.9. The van der Waals surface area contributed by atoms with Crippen molar-refractivity contribution in [2.75, 3.05) is 13.1 Å². The van der Waals surface area contributed by atoms with E-state index < -0.39 is 24.0 Å². The Morgan fingerprint density at radius 3 is 2.47 bits per heavy atom. The molecule has 2 aliphatic rings. The molecule has 0 unspecified atom stereocenters. The number of aromatic nitrogens is 1. The average Bonchev–Trinajstić information content (AvgIpc) is 3.33. The van der Waals surface area contributed by atoms with Gasteiger partial charge in [-0.3, -0.25) is 14.4 Å². The van der Waals surface area contributed by atoms with E-state index in [9.17, 15) is 14.4 Å². The van der Waals surface area contributed by atoms with Crippen LogP contribution in [0.15, 0.2) is 54.7 Å². The fraction of sp³-hybridized carbons (Fsp3) is 0.321. The molecule has 198 valence electrons. The van der Waals surface area contributed by atoms with Gasteiger partial charge in [0.1, 0.15) is 12.2 Å². The number of amides is 1. The Labute approximate surface area is 234 Å². The number of rotatable bonds is 6. The van der Waals surface area contributed by atoms with Crippen LogP contribution in [0.2, 0.25) is 15.1 Å². The van der Waals surface area contributed by atoms with E-state index in [1.165, 1.54) is 0 Å². The lowest BCUT2D eigenvalue weighted by atomic mass is 9.93. The van der Waals surface area contributed by atoms with Gasteiger partial charge in [-0.15, -0.1) is 0 Å². The van der Waals surface area contributed by atoms with Crippen LogP contribution in [-0.2, 0) is 14.3 Å². The minimum atomic E-state index is -1.08. The van der Waals surface area contributed by atoms with E-state index in [0.717, 1.165) is 11.4 Å². The summed E-state index contributed by atoms with van der Waals surface area (Å²) in [5, 5.41) is 9.90. The van der Waals surface area contributed by atoms with Crippen LogP contribution in [0.3, 0.4) is 0 Å². The second kappa shape index (κ2) is 11.1. The van der Waals surface area contributed by atoms with Crippen molar-refractivity contribution in [3.05, 3.63) is 86.6 Å². The van der Waals surface area contributed by atoms with Crippen LogP contribution in [0.5, 0.6) is 0 Å². The summed E-state index contributed by atoms with van der Waals surface area (Å²) < 4.78 is 8.38. The largest absolute Gasteiger partial charge is 0.481 e. The molecule has 0 saturated carbocycles. The standard InChI is InChI=1S/C28H25Cl3N2O5/c29-17-6-7-21-19(14-17)28(27(37)18-3-1-4-20(30)26(18)31)38-23(22-5-2-10-33(21)22)15-24(34)32-11-8-16(9-12-32)13-25(35)36/h1-7,10,14,16,23,28H,8-9,11-13,15H2,(H,35,36)/t23-,28+/m0/s1. The second-order valence-corrected chi connectivity index (χ2v) is 10.8. The van der Waals surface area contributed by atoms with E-state index in [-0.39, 0.29) is 40.3 Å². The van der Waals surface area contributed by atoms with Crippen LogP contribution >= 0.6 is 34.8 Å². The first-order chi connectivity index (χ1) is 18.2. The molecule has 1 aromatic heterocycles. The predicted molar refractivity (Wildman–Crippen MR) is 144 cm³/mol. The van der Waals surface area contributed by atoms with Gasteiger partial charge in [-0.25, -0.2) is 0 Å². The highest BCUT2D eigenvalue weighted by Gasteiger charge is 2.37. The Balaban J connectivity index is 1.46. The number of carbonyl (C=O) groups excluding carboxylic acids is 2. The topological polar surface area (TPSA) is 88.8 Å². The molecule has 1 N–H and O–H groups in total. The van der Waals surface area contributed by atoms with Crippen molar-refractivity contribution in [2.24, 2.45) is 5.92 Å². The zero-order valence-electron chi connectivity index (χ0n) is 20.3. The molecule has 10 heteroatoms. The average molecular weight is 576 g/mol. The first-order valence-corrected chi connectivity index (χ1v) is 13.5. The van der Waals surface area contributed by atoms with Crippen molar-refractivity contribution in [3.8, 4) is 5.69 Å². The van der Waals surface area contributed by atoms with Crippen molar-refractivity contribution in [2.45, 2.75) is 37.9 Å². The highest BCUT2D eigenvalue weighted by molar-refractivity contribution is 6.44. The monoisotopic (exact) mass is 574 g/mol. The smallest absolute Gasteiger partial charge is 0.303 e. The molecule has 3 heterocycles. The molecule has 2 aliphatic heterocycles. The van der Waals surface area contributed by atoms with Crippen molar-refractivity contribution in [3.63, 3.8) is 0 Å². The zero-order chi connectivity index (χ0) is 27.0. The normalized spacial score (nSPS) is 19.4. The molecule has 1 fully saturated rings. The Kier molecular flexibility index (Phi) is 7.82. The molecule has 0 spiro atoms. The summed E-state index contributed by atoms with van der Waals surface area (Å²) in [5.74, 6) is -1.27. The molecule has 2 atom stereocenters. The summed E-state index contributed by atoms with van der Waals surface area (Å²) in [7, 11) is 0. The third-order valence-electron chi connectivity index (χ3n) is 7.19. The van der Waals surface area contributed by atoms with Gasteiger partial charge >= 0.3 is 5.97 Å². The predicted octanol–water partition coefficient (Wildman–Crippen LogP) is 6.54. The highest BCUT2D eigenvalue weighted by Crippen LogP contribution is 2.42. The number of nitrogens with zero attached hydrogens (tertiary/aromatic N) is 2. The van der Waals surface area contributed by atoms with E-state index in [1.54, 1.807) is 35.2 Å². The molecule has 3 aromatic rings. The number of ether oxygens (including phenoxy) is 1. The lowest BCUT2D eigenvalue weighted by molar-refractivity contribution is -0.139. The van der Waals surface area contributed by atoms with E-state index in [2.05, 4.69) is 0 Å². The maximum Gasteiger partial charge on any atom is 0.303 e. The van der Waals surface area contributed by atoms with Crippen LogP contribution in [0.25, 0.3) is 5.69 Å². The van der Waals surface area contributed by atoms with Crippen molar-refractivity contribution in [1.29, 1.82) is 0 Å². The third kappa shape index (κ3) is 5.34. The highest BCUT2D eigenvalue weighted by atomic mass is 35.5. The quantitative estimate of drug-likeness (QED) is 0.337. The number of piperidine rings is 1. The number of hydrogen-bond acceptors (Lipinski definition) is 4. The fourth-order valence-corrected chi connectivity index (χ4v) is 5.82. The number of Topliss-reactive ketones (excluding diaryl/α,β-unsaturated/α-hetero) is 1. The minimum Gasteiger partial charge on any atom is -0.481 e. The van der Waals surface area contributed by atoms with Crippen LogP contribution in [0, 0.1) is 5.92 Å². The van der Waals surface area contributed by atoms with Crippen LogP contribution < -0.4 is 0 Å². The van der Waals surface area contributed by atoms with Gasteiger partial charge in [-0.05, 0) is 61.2 Å². The van der Waals surface area contributed by atoms with Gasteiger partial charge in [0.05, 0.1) is 27.8 Å². The minimum absolute atomic E-state index is 0.0163. The number of likely N-dealkylation sites (tertiary alicyclic amines) is 1. The van der Waals surface area contributed by atoms with Crippen molar-refractivity contribution < 1.29 is 24.2 Å². The van der Waals surface area contributed by atoms with Gasteiger partial charge in [-0.2, -0.15) is 0 Å². The molecule has 1 amide bonds. The summed E-state index contributed by atoms with van der Waals surface area (Å²) in [6.45, 7) is 0.974. The number of fused-ring (bicyclic) bond motifs is 3. The van der Waals surface area contributed by atoms with Gasteiger partial charge in [0.15, 0.2) is 5.78 Å². The molecular weight excluding hydrogens is 551 g/mol. The van der Waals surface area contributed by atoms with Crippen molar-refractivity contribution >= 4 is 52.5 Å². The number of carboxylic acid groups (broad SMARTS) is 1. The second-order valence-electron chi connectivity index (χ2n) is 9.60.